The van der Waals surface area contributed by atoms with Crippen LogP contribution in [0.4, 0.5) is 0 Å². The standard InChI is InChI=1S/2C8H8O4.Ca/c2*1-12-6-4-2-3-5(7(6)9)8(10)11;/h2*2-4,9H,1H3,(H,10,11);/q;;+2/p-2. The monoisotopic (exact) mass is 374 g/mol. The largest absolute Gasteiger partial charge is 2.00 e. The summed E-state index contributed by atoms with van der Waals surface area (Å²) >= 11 is 0. The van der Waals surface area contributed by atoms with Crippen LogP contribution < -0.4 is 19.7 Å². The van der Waals surface area contributed by atoms with E-state index in [2.05, 4.69) is 9.47 Å². The molecule has 0 fully saturated rings. The summed E-state index contributed by atoms with van der Waals surface area (Å²) < 4.78 is 9.32. The topological polar surface area (TPSA) is 139 Å². The molecule has 0 aromatic heterocycles. The Morgan fingerprint density at radius 3 is 1.36 bits per heavy atom. The Bertz CT molecular complexity index is 681. The fourth-order valence-electron chi connectivity index (χ4n) is 1.69. The number of carbonyl (C=O) groups is 2. The minimum absolute atomic E-state index is 0. The molecule has 0 unspecified atom stereocenters. The van der Waals surface area contributed by atoms with Gasteiger partial charge in [0.2, 0.25) is 0 Å². The Morgan fingerprint density at radius 1 is 0.800 bits per heavy atom. The number of hydrogen-bond donors (Lipinski definition) is 2. The van der Waals surface area contributed by atoms with Crippen molar-refractivity contribution in [2.45, 2.75) is 0 Å². The molecule has 0 aliphatic heterocycles. The van der Waals surface area contributed by atoms with Gasteiger partial charge in [-0.2, -0.15) is 0 Å². The summed E-state index contributed by atoms with van der Waals surface area (Å²) in [5.74, 6) is -3.55. The summed E-state index contributed by atoms with van der Waals surface area (Å²) in [6.45, 7) is 0. The van der Waals surface area contributed by atoms with Crippen LogP contribution in [0, 0.1) is 0 Å². The normalized spacial score (nSPS) is 9.04. The zero-order chi connectivity index (χ0) is 18.3. The SMILES string of the molecule is COc1cccc(C(=O)O)c1[O-].COc1cccc(C(=O)O)c1[O-].[Ca+2]. The Kier molecular flexibility index (Phi) is 9.73. The molecule has 2 aromatic carbocycles. The summed E-state index contributed by atoms with van der Waals surface area (Å²) in [6, 6.07) is 8.26. The van der Waals surface area contributed by atoms with E-state index < -0.39 is 23.4 Å². The molecule has 0 radical (unpaired) electrons. The van der Waals surface area contributed by atoms with E-state index in [0.717, 1.165) is 0 Å². The average molecular weight is 374 g/mol. The third-order valence-electron chi connectivity index (χ3n) is 2.86. The number of aromatic carboxylic acids is 2. The van der Waals surface area contributed by atoms with Crippen molar-refractivity contribution in [2.24, 2.45) is 0 Å². The maximum atomic E-state index is 11.1. The van der Waals surface area contributed by atoms with Crippen LogP contribution in [0.5, 0.6) is 23.0 Å². The second-order valence-corrected chi connectivity index (χ2v) is 4.28. The molecule has 2 rings (SSSR count). The first kappa shape index (κ1) is 22.8. The maximum absolute atomic E-state index is 11.1. The van der Waals surface area contributed by atoms with Gasteiger partial charge in [0, 0.05) is 0 Å². The molecule has 0 aliphatic rings. The van der Waals surface area contributed by atoms with Crippen molar-refractivity contribution in [1.29, 1.82) is 0 Å². The van der Waals surface area contributed by atoms with Crippen LogP contribution in [0.25, 0.3) is 0 Å². The van der Waals surface area contributed by atoms with Crippen molar-refractivity contribution in [3.05, 3.63) is 47.5 Å². The van der Waals surface area contributed by atoms with Gasteiger partial charge in [0.15, 0.2) is 0 Å². The minimum Gasteiger partial charge on any atom is -0.869 e. The second kappa shape index (κ2) is 10.7. The molecule has 0 amide bonds. The van der Waals surface area contributed by atoms with Crippen LogP contribution in [0.15, 0.2) is 36.4 Å². The number of benzene rings is 2. The Balaban J connectivity index is 0.000000443. The average Bonchev–Trinajstić information content (AvgIpc) is 2.55. The van der Waals surface area contributed by atoms with Crippen molar-refractivity contribution < 1.29 is 39.5 Å². The van der Waals surface area contributed by atoms with Gasteiger partial charge in [0.1, 0.15) is 11.5 Å². The molecule has 0 heterocycles. The van der Waals surface area contributed by atoms with E-state index in [-0.39, 0.29) is 60.4 Å². The molecule has 2 N–H and O–H groups in total. The number of ether oxygens (including phenoxy) is 2. The van der Waals surface area contributed by atoms with Crippen LogP contribution in [-0.4, -0.2) is 74.1 Å². The van der Waals surface area contributed by atoms with E-state index in [1.165, 1.54) is 50.6 Å². The number of carboxylic acid groups (broad SMARTS) is 2. The number of hydrogen-bond acceptors (Lipinski definition) is 6. The summed E-state index contributed by atoms with van der Waals surface area (Å²) in [6.07, 6.45) is 0. The minimum atomic E-state index is -1.24. The number of rotatable bonds is 4. The van der Waals surface area contributed by atoms with E-state index in [4.69, 9.17) is 10.2 Å². The predicted octanol–water partition coefficient (Wildman–Crippen LogP) is 0.553. The molecular formula is C16H14CaO8. The smallest absolute Gasteiger partial charge is 0.869 e. The zero-order valence-corrected chi connectivity index (χ0v) is 15.7. The third kappa shape index (κ3) is 6.00. The van der Waals surface area contributed by atoms with Gasteiger partial charge in [-0.15, -0.1) is 0 Å². The summed E-state index contributed by atoms with van der Waals surface area (Å²) in [4.78, 5) is 20.9. The molecule has 0 saturated carbocycles. The van der Waals surface area contributed by atoms with E-state index in [9.17, 15) is 19.8 Å². The van der Waals surface area contributed by atoms with Gasteiger partial charge in [0.25, 0.3) is 0 Å². The Morgan fingerprint density at radius 2 is 1.12 bits per heavy atom. The predicted molar refractivity (Wildman–Crippen MR) is 84.6 cm³/mol. The fourth-order valence-corrected chi connectivity index (χ4v) is 1.69. The van der Waals surface area contributed by atoms with Gasteiger partial charge in [-0.3, -0.25) is 0 Å². The van der Waals surface area contributed by atoms with Crippen LogP contribution in [0.1, 0.15) is 20.7 Å². The van der Waals surface area contributed by atoms with E-state index in [0.29, 0.717) is 0 Å². The van der Waals surface area contributed by atoms with Crippen molar-refractivity contribution in [3.63, 3.8) is 0 Å². The van der Waals surface area contributed by atoms with Crippen LogP contribution in [0.3, 0.4) is 0 Å². The molecule has 128 valence electrons. The molecule has 0 atom stereocenters. The quantitative estimate of drug-likeness (QED) is 0.740. The van der Waals surface area contributed by atoms with Gasteiger partial charge in [-0.1, -0.05) is 23.6 Å². The van der Waals surface area contributed by atoms with Crippen molar-refractivity contribution in [1.82, 2.24) is 0 Å². The van der Waals surface area contributed by atoms with Gasteiger partial charge in [-0.05, 0) is 24.3 Å². The molecule has 0 bridgehead atoms. The first-order chi connectivity index (χ1) is 11.3. The first-order valence-electron chi connectivity index (χ1n) is 6.48. The van der Waals surface area contributed by atoms with Crippen molar-refractivity contribution in [2.75, 3.05) is 14.2 Å². The molecule has 25 heavy (non-hydrogen) atoms. The van der Waals surface area contributed by atoms with Crippen molar-refractivity contribution in [3.8, 4) is 23.0 Å². The molecule has 8 nitrogen and oxygen atoms in total. The fraction of sp³-hybridized carbons (Fsp3) is 0.125. The second-order valence-electron chi connectivity index (χ2n) is 4.28. The van der Waals surface area contributed by atoms with E-state index in [1.807, 2.05) is 0 Å². The van der Waals surface area contributed by atoms with Gasteiger partial charge >= 0.3 is 49.7 Å². The summed E-state index contributed by atoms with van der Waals surface area (Å²) in [5, 5.41) is 39.3. The van der Waals surface area contributed by atoms with Crippen LogP contribution in [-0.2, 0) is 0 Å². The molecule has 0 spiro atoms. The molecule has 0 saturated heterocycles. The Hall–Kier alpha value is -2.16. The van der Waals surface area contributed by atoms with E-state index >= 15 is 0 Å². The number of methoxy groups -OCH3 is 2. The first-order valence-corrected chi connectivity index (χ1v) is 6.48. The van der Waals surface area contributed by atoms with Gasteiger partial charge in [0.05, 0.1) is 25.3 Å². The molecule has 0 aliphatic carbocycles. The maximum Gasteiger partial charge on any atom is 2.00 e. The number of para-hydroxylation sites is 2. The molecular weight excluding hydrogens is 360 g/mol. The van der Waals surface area contributed by atoms with Crippen molar-refractivity contribution >= 4 is 49.7 Å². The summed E-state index contributed by atoms with van der Waals surface area (Å²) in [7, 11) is 2.64. The Labute approximate surface area is 173 Å². The van der Waals surface area contributed by atoms with Crippen LogP contribution in [0.2, 0.25) is 0 Å². The van der Waals surface area contributed by atoms with Gasteiger partial charge < -0.3 is 29.9 Å². The van der Waals surface area contributed by atoms with E-state index in [1.54, 1.807) is 0 Å². The molecule has 9 heteroatoms. The van der Waals surface area contributed by atoms with Crippen LogP contribution >= 0.6 is 0 Å². The molecule has 2 aromatic rings. The summed E-state index contributed by atoms with van der Waals surface area (Å²) in [5.41, 5.74) is -0.538. The number of carboxylic acids is 2. The zero-order valence-electron chi connectivity index (χ0n) is 13.5. The third-order valence-corrected chi connectivity index (χ3v) is 2.86. The van der Waals surface area contributed by atoms with Gasteiger partial charge in [-0.25, -0.2) is 9.59 Å².